The van der Waals surface area contributed by atoms with Crippen LogP contribution in [-0.2, 0) is 10.0 Å². The molecule has 140 valence electrons. The van der Waals surface area contributed by atoms with Crippen LogP contribution in [0.2, 0.25) is 5.02 Å². The quantitative estimate of drug-likeness (QED) is 0.789. The monoisotopic (exact) mass is 396 g/mol. The molecule has 1 aliphatic rings. The summed E-state index contributed by atoms with van der Waals surface area (Å²) < 4.78 is 32.7. The number of nitrogens with zero attached hydrogens (tertiary/aromatic N) is 4. The van der Waals surface area contributed by atoms with Crippen LogP contribution in [-0.4, -0.2) is 56.2 Å². The number of sulfonamides is 1. The molecule has 2 aromatic rings. The van der Waals surface area contributed by atoms with Crippen molar-refractivity contribution in [1.29, 1.82) is 0 Å². The second-order valence-electron chi connectivity index (χ2n) is 6.18. The second kappa shape index (κ2) is 7.38. The van der Waals surface area contributed by atoms with Gasteiger partial charge in [-0.15, -0.1) is 5.10 Å². The second-order valence-corrected chi connectivity index (χ2v) is 8.49. The molecule has 1 aliphatic heterocycles. The first kappa shape index (κ1) is 18.9. The summed E-state index contributed by atoms with van der Waals surface area (Å²) in [5, 5.41) is 8.51. The highest BCUT2D eigenvalue weighted by atomic mass is 35.5. The van der Waals surface area contributed by atoms with Gasteiger partial charge >= 0.3 is 0 Å². The Morgan fingerprint density at radius 3 is 2.35 bits per heavy atom. The minimum absolute atomic E-state index is 0.215. The van der Waals surface area contributed by atoms with Crippen molar-refractivity contribution in [2.75, 3.05) is 38.2 Å². The summed E-state index contributed by atoms with van der Waals surface area (Å²) in [6.07, 6.45) is 0. The average molecular weight is 397 g/mol. The molecule has 0 radical (unpaired) electrons. The van der Waals surface area contributed by atoms with Gasteiger partial charge in [0.05, 0.1) is 22.7 Å². The molecule has 7 nitrogen and oxygen atoms in total. The molecule has 0 unspecified atom stereocenters. The minimum Gasteiger partial charge on any atom is -0.495 e. The van der Waals surface area contributed by atoms with Crippen LogP contribution in [0.1, 0.15) is 11.3 Å². The van der Waals surface area contributed by atoms with E-state index in [0.717, 1.165) is 11.5 Å². The third-order valence-corrected chi connectivity index (χ3v) is 6.75. The molecule has 2 heterocycles. The van der Waals surface area contributed by atoms with Crippen LogP contribution in [0.3, 0.4) is 0 Å². The van der Waals surface area contributed by atoms with Gasteiger partial charge in [-0.1, -0.05) is 11.6 Å². The van der Waals surface area contributed by atoms with Crippen molar-refractivity contribution in [3.63, 3.8) is 0 Å². The van der Waals surface area contributed by atoms with Gasteiger partial charge in [0.2, 0.25) is 10.0 Å². The van der Waals surface area contributed by atoms with Gasteiger partial charge in [0.25, 0.3) is 0 Å². The average Bonchev–Trinajstić information content (AvgIpc) is 2.64. The van der Waals surface area contributed by atoms with Crippen molar-refractivity contribution in [2.45, 2.75) is 18.7 Å². The van der Waals surface area contributed by atoms with Crippen molar-refractivity contribution in [3.05, 3.63) is 40.5 Å². The molecule has 0 bridgehead atoms. The van der Waals surface area contributed by atoms with Crippen molar-refractivity contribution >= 4 is 27.4 Å². The van der Waals surface area contributed by atoms with Crippen LogP contribution in [0, 0.1) is 13.8 Å². The largest absolute Gasteiger partial charge is 0.495 e. The number of benzene rings is 1. The first-order valence-corrected chi connectivity index (χ1v) is 10.0. The maximum atomic E-state index is 13.0. The van der Waals surface area contributed by atoms with Gasteiger partial charge in [-0.3, -0.25) is 0 Å². The fourth-order valence-corrected chi connectivity index (χ4v) is 4.89. The lowest BCUT2D eigenvalue weighted by atomic mass is 10.2. The number of anilines is 1. The van der Waals surface area contributed by atoms with E-state index in [1.807, 2.05) is 24.0 Å². The van der Waals surface area contributed by atoms with E-state index in [0.29, 0.717) is 37.5 Å². The highest BCUT2D eigenvalue weighted by Crippen LogP contribution is 2.32. The van der Waals surface area contributed by atoms with E-state index in [1.54, 1.807) is 13.0 Å². The molecule has 0 aliphatic carbocycles. The molecule has 1 fully saturated rings. The molecule has 26 heavy (non-hydrogen) atoms. The summed E-state index contributed by atoms with van der Waals surface area (Å²) in [5.41, 5.74) is 1.46. The van der Waals surface area contributed by atoms with E-state index in [2.05, 4.69) is 10.2 Å². The normalized spacial score (nSPS) is 15.9. The van der Waals surface area contributed by atoms with E-state index >= 15 is 0 Å². The van der Waals surface area contributed by atoms with Crippen LogP contribution in [0.5, 0.6) is 5.75 Å². The lowest BCUT2D eigenvalue weighted by Crippen LogP contribution is -2.49. The lowest BCUT2D eigenvalue weighted by Gasteiger charge is -2.34. The zero-order valence-corrected chi connectivity index (χ0v) is 16.5. The number of aryl methyl sites for hydroxylation is 2. The topological polar surface area (TPSA) is 75.6 Å². The predicted octanol–water partition coefficient (Wildman–Crippen LogP) is 2.27. The molecule has 0 atom stereocenters. The molecule has 3 rings (SSSR count). The molecule has 1 saturated heterocycles. The van der Waals surface area contributed by atoms with Crippen LogP contribution in [0.4, 0.5) is 5.82 Å². The Kier molecular flexibility index (Phi) is 5.36. The Morgan fingerprint density at radius 2 is 1.77 bits per heavy atom. The zero-order chi connectivity index (χ0) is 18.9. The zero-order valence-electron chi connectivity index (χ0n) is 14.9. The summed E-state index contributed by atoms with van der Waals surface area (Å²) in [4.78, 5) is 2.25. The van der Waals surface area contributed by atoms with Gasteiger partial charge in [0, 0.05) is 26.2 Å². The fraction of sp³-hybridized carbons (Fsp3) is 0.412. The smallest absolute Gasteiger partial charge is 0.243 e. The summed E-state index contributed by atoms with van der Waals surface area (Å²) in [7, 11) is -2.12. The van der Waals surface area contributed by atoms with Crippen molar-refractivity contribution in [3.8, 4) is 5.75 Å². The molecule has 1 aromatic heterocycles. The van der Waals surface area contributed by atoms with E-state index < -0.39 is 10.0 Å². The van der Waals surface area contributed by atoms with Gasteiger partial charge in [0.1, 0.15) is 5.75 Å². The Hall–Kier alpha value is -1.90. The number of aromatic nitrogens is 2. The molecule has 1 aromatic carbocycles. The summed E-state index contributed by atoms with van der Waals surface area (Å²) in [6.45, 7) is 5.48. The molecular formula is C17H21ClN4O3S. The molecule has 0 saturated carbocycles. The predicted molar refractivity (Wildman–Crippen MR) is 100 cm³/mol. The van der Waals surface area contributed by atoms with Gasteiger partial charge in [-0.05, 0) is 43.7 Å². The van der Waals surface area contributed by atoms with E-state index in [1.165, 1.54) is 17.5 Å². The van der Waals surface area contributed by atoms with Gasteiger partial charge in [-0.25, -0.2) is 8.42 Å². The van der Waals surface area contributed by atoms with Crippen LogP contribution in [0.15, 0.2) is 29.2 Å². The SMILES string of the molecule is COc1cc(C)c(S(=O)(=O)N2CCN(c3ccc(C)nn3)CC2)cc1Cl. The Morgan fingerprint density at radius 1 is 1.08 bits per heavy atom. The first-order valence-electron chi connectivity index (χ1n) is 8.22. The standard InChI is InChI=1S/C17H21ClN4O3S/c1-12-10-15(25-3)14(18)11-16(12)26(23,24)22-8-6-21(7-9-22)17-5-4-13(2)19-20-17/h4-5,10-11H,6-9H2,1-3H3. The van der Waals surface area contributed by atoms with Gasteiger partial charge in [-0.2, -0.15) is 9.40 Å². The number of ether oxygens (including phenoxy) is 1. The number of hydrogen-bond acceptors (Lipinski definition) is 6. The van der Waals surface area contributed by atoms with Crippen LogP contribution < -0.4 is 9.64 Å². The maximum absolute atomic E-state index is 13.0. The lowest BCUT2D eigenvalue weighted by molar-refractivity contribution is 0.383. The van der Waals surface area contributed by atoms with Crippen molar-refractivity contribution < 1.29 is 13.2 Å². The highest BCUT2D eigenvalue weighted by Gasteiger charge is 2.30. The molecule has 9 heteroatoms. The number of piperazine rings is 1. The van der Waals surface area contributed by atoms with Gasteiger partial charge in [0.15, 0.2) is 5.82 Å². The Balaban J connectivity index is 1.78. The number of rotatable bonds is 4. The molecule has 0 N–H and O–H groups in total. The Labute approximate surface area is 158 Å². The fourth-order valence-electron chi connectivity index (χ4n) is 2.93. The third-order valence-electron chi connectivity index (χ3n) is 4.41. The third kappa shape index (κ3) is 3.62. The number of methoxy groups -OCH3 is 1. The maximum Gasteiger partial charge on any atom is 0.243 e. The molecule has 0 spiro atoms. The van der Waals surface area contributed by atoms with E-state index in [4.69, 9.17) is 16.3 Å². The van der Waals surface area contributed by atoms with Gasteiger partial charge < -0.3 is 9.64 Å². The van der Waals surface area contributed by atoms with E-state index in [9.17, 15) is 8.42 Å². The Bertz CT molecular complexity index is 895. The van der Waals surface area contributed by atoms with Crippen LogP contribution >= 0.6 is 11.6 Å². The van der Waals surface area contributed by atoms with Crippen LogP contribution in [0.25, 0.3) is 0 Å². The number of halogens is 1. The minimum atomic E-state index is -3.62. The van der Waals surface area contributed by atoms with Crippen molar-refractivity contribution in [2.24, 2.45) is 0 Å². The first-order chi connectivity index (χ1) is 12.3. The summed E-state index contributed by atoms with van der Waals surface area (Å²) in [6, 6.07) is 6.91. The highest BCUT2D eigenvalue weighted by molar-refractivity contribution is 7.89. The summed E-state index contributed by atoms with van der Waals surface area (Å²) >= 11 is 6.13. The van der Waals surface area contributed by atoms with E-state index in [-0.39, 0.29) is 9.92 Å². The molecular weight excluding hydrogens is 376 g/mol. The number of hydrogen-bond donors (Lipinski definition) is 0. The molecule has 0 amide bonds. The summed E-state index contributed by atoms with van der Waals surface area (Å²) in [5.74, 6) is 1.22. The van der Waals surface area contributed by atoms with Crippen molar-refractivity contribution in [1.82, 2.24) is 14.5 Å².